The molecule has 0 heterocycles. The van der Waals surface area contributed by atoms with Crippen molar-refractivity contribution in [2.24, 2.45) is 0 Å². The molecule has 0 aromatic heterocycles. The van der Waals surface area contributed by atoms with Gasteiger partial charge in [0, 0.05) is 6.42 Å². The van der Waals surface area contributed by atoms with Crippen LogP contribution in [0.25, 0.3) is 0 Å². The topological polar surface area (TPSA) is 80.7 Å². The van der Waals surface area contributed by atoms with Gasteiger partial charge in [-0.3, -0.25) is 8.98 Å². The highest BCUT2D eigenvalue weighted by atomic mass is 32.2. The fraction of sp³-hybridized carbons (Fsp3) is 0.500. The Labute approximate surface area is 119 Å². The van der Waals surface area contributed by atoms with Crippen molar-refractivity contribution in [3.05, 3.63) is 29.8 Å². The highest BCUT2D eigenvalue weighted by molar-refractivity contribution is 7.86. The largest absolute Gasteiger partial charge is 0.481 e. The van der Waals surface area contributed by atoms with Gasteiger partial charge < -0.3 is 5.11 Å². The summed E-state index contributed by atoms with van der Waals surface area (Å²) < 4.78 is 28.6. The van der Waals surface area contributed by atoms with Gasteiger partial charge in [-0.2, -0.15) is 8.42 Å². The summed E-state index contributed by atoms with van der Waals surface area (Å²) in [5.41, 5.74) is 0.988. The van der Waals surface area contributed by atoms with E-state index in [-0.39, 0.29) is 17.9 Å². The van der Waals surface area contributed by atoms with Crippen LogP contribution in [0.2, 0.25) is 0 Å². The van der Waals surface area contributed by atoms with Gasteiger partial charge in [-0.05, 0) is 31.9 Å². The Kier molecular flexibility index (Phi) is 6.67. The second-order valence-corrected chi connectivity index (χ2v) is 6.26. The minimum absolute atomic E-state index is 0.128. The summed E-state index contributed by atoms with van der Waals surface area (Å²) in [5.74, 6) is -0.803. The SMILES string of the molecule is Cc1ccc(S(=O)(=O)OCCCCCCC(=O)O)cc1. The predicted molar refractivity (Wildman–Crippen MR) is 75.0 cm³/mol. The molecule has 0 amide bonds. The Morgan fingerprint density at radius 1 is 1.10 bits per heavy atom. The Morgan fingerprint density at radius 2 is 1.70 bits per heavy atom. The van der Waals surface area contributed by atoms with Gasteiger partial charge in [-0.1, -0.05) is 30.5 Å². The lowest BCUT2D eigenvalue weighted by Crippen LogP contribution is -2.07. The summed E-state index contributed by atoms with van der Waals surface area (Å²) in [4.78, 5) is 10.5. The molecule has 0 spiro atoms. The molecular formula is C14H20O5S. The molecule has 6 heteroatoms. The van der Waals surface area contributed by atoms with Gasteiger partial charge in [0.2, 0.25) is 0 Å². The number of hydrogen-bond donors (Lipinski definition) is 1. The molecule has 1 aromatic carbocycles. The second-order valence-electron chi connectivity index (χ2n) is 4.65. The third kappa shape index (κ3) is 6.16. The van der Waals surface area contributed by atoms with Crippen LogP contribution in [0.4, 0.5) is 0 Å². The van der Waals surface area contributed by atoms with E-state index < -0.39 is 16.1 Å². The van der Waals surface area contributed by atoms with E-state index in [0.29, 0.717) is 12.8 Å². The minimum atomic E-state index is -3.68. The van der Waals surface area contributed by atoms with E-state index in [0.717, 1.165) is 18.4 Å². The van der Waals surface area contributed by atoms with Crippen LogP contribution >= 0.6 is 0 Å². The van der Waals surface area contributed by atoms with E-state index >= 15 is 0 Å². The first kappa shape index (κ1) is 16.7. The van der Waals surface area contributed by atoms with Crippen LogP contribution in [-0.4, -0.2) is 26.1 Å². The Hall–Kier alpha value is -1.40. The molecule has 112 valence electrons. The van der Waals surface area contributed by atoms with E-state index in [1.54, 1.807) is 12.1 Å². The van der Waals surface area contributed by atoms with Gasteiger partial charge in [-0.15, -0.1) is 0 Å². The van der Waals surface area contributed by atoms with Crippen LogP contribution in [0.1, 0.15) is 37.7 Å². The van der Waals surface area contributed by atoms with Crippen molar-refractivity contribution < 1.29 is 22.5 Å². The van der Waals surface area contributed by atoms with E-state index in [1.807, 2.05) is 6.92 Å². The maximum Gasteiger partial charge on any atom is 0.303 e. The molecule has 5 nitrogen and oxygen atoms in total. The van der Waals surface area contributed by atoms with Crippen molar-refractivity contribution in [3.8, 4) is 0 Å². The Morgan fingerprint density at radius 3 is 2.30 bits per heavy atom. The summed E-state index contributed by atoms with van der Waals surface area (Å²) in [6.07, 6.45) is 2.89. The first-order valence-corrected chi connectivity index (χ1v) is 8.00. The standard InChI is InChI=1S/C14H20O5S/c1-12-7-9-13(10-8-12)20(17,18)19-11-5-3-2-4-6-14(15)16/h7-10H,2-6,11H2,1H3,(H,15,16). The molecule has 1 N–H and O–H groups in total. The van der Waals surface area contributed by atoms with E-state index in [9.17, 15) is 13.2 Å². The molecule has 0 atom stereocenters. The van der Waals surface area contributed by atoms with E-state index in [2.05, 4.69) is 0 Å². The number of benzene rings is 1. The second kappa shape index (κ2) is 8.01. The average Bonchev–Trinajstić information content (AvgIpc) is 2.37. The number of hydrogen-bond acceptors (Lipinski definition) is 4. The maximum absolute atomic E-state index is 11.8. The lowest BCUT2D eigenvalue weighted by Gasteiger charge is -2.05. The highest BCUT2D eigenvalue weighted by Gasteiger charge is 2.14. The van der Waals surface area contributed by atoms with E-state index in [4.69, 9.17) is 9.29 Å². The maximum atomic E-state index is 11.8. The van der Waals surface area contributed by atoms with Crippen LogP contribution < -0.4 is 0 Å². The minimum Gasteiger partial charge on any atom is -0.481 e. The molecule has 0 bridgehead atoms. The molecule has 0 aliphatic rings. The predicted octanol–water partition coefficient (Wildman–Crippen LogP) is 2.74. The molecule has 0 saturated carbocycles. The van der Waals surface area contributed by atoms with E-state index in [1.165, 1.54) is 12.1 Å². The van der Waals surface area contributed by atoms with Crippen molar-refractivity contribution >= 4 is 16.1 Å². The summed E-state index contributed by atoms with van der Waals surface area (Å²) in [6, 6.07) is 6.50. The molecule has 20 heavy (non-hydrogen) atoms. The normalized spacial score (nSPS) is 11.4. The third-order valence-corrected chi connectivity index (χ3v) is 4.16. The van der Waals surface area contributed by atoms with Crippen molar-refractivity contribution in [3.63, 3.8) is 0 Å². The monoisotopic (exact) mass is 300 g/mol. The number of carboxylic acids is 1. The van der Waals surface area contributed by atoms with Crippen molar-refractivity contribution in [2.75, 3.05) is 6.61 Å². The van der Waals surface area contributed by atoms with Gasteiger partial charge in [0.05, 0.1) is 11.5 Å². The quantitative estimate of drug-likeness (QED) is 0.560. The van der Waals surface area contributed by atoms with Gasteiger partial charge in [0.15, 0.2) is 0 Å². The molecule has 0 unspecified atom stereocenters. The summed E-state index contributed by atoms with van der Waals surface area (Å²) in [6.45, 7) is 2.01. The smallest absolute Gasteiger partial charge is 0.303 e. The van der Waals surface area contributed by atoms with Gasteiger partial charge in [0.25, 0.3) is 10.1 Å². The zero-order chi connectivity index (χ0) is 15.0. The van der Waals surface area contributed by atoms with Crippen molar-refractivity contribution in [2.45, 2.75) is 43.9 Å². The molecule has 1 aromatic rings. The third-order valence-electron chi connectivity index (χ3n) is 2.83. The van der Waals surface area contributed by atoms with Crippen molar-refractivity contribution in [1.82, 2.24) is 0 Å². The molecule has 0 radical (unpaired) electrons. The Balaban J connectivity index is 2.27. The van der Waals surface area contributed by atoms with Gasteiger partial charge >= 0.3 is 5.97 Å². The number of carboxylic acid groups (broad SMARTS) is 1. The first-order valence-electron chi connectivity index (χ1n) is 6.60. The van der Waals surface area contributed by atoms with Crippen LogP contribution in [0.5, 0.6) is 0 Å². The number of unbranched alkanes of at least 4 members (excludes halogenated alkanes) is 3. The zero-order valence-electron chi connectivity index (χ0n) is 11.5. The molecule has 0 aliphatic heterocycles. The highest BCUT2D eigenvalue weighted by Crippen LogP contribution is 2.14. The zero-order valence-corrected chi connectivity index (χ0v) is 12.4. The molecular weight excluding hydrogens is 280 g/mol. The van der Waals surface area contributed by atoms with Crippen LogP contribution in [0.3, 0.4) is 0 Å². The Bertz CT molecular complexity index is 519. The summed E-state index contributed by atoms with van der Waals surface area (Å²) >= 11 is 0. The molecule has 1 rings (SSSR count). The van der Waals surface area contributed by atoms with Gasteiger partial charge in [-0.25, -0.2) is 0 Å². The number of aryl methyl sites for hydroxylation is 1. The van der Waals surface area contributed by atoms with Crippen LogP contribution in [0.15, 0.2) is 29.2 Å². The van der Waals surface area contributed by atoms with Crippen molar-refractivity contribution in [1.29, 1.82) is 0 Å². The molecule has 0 fully saturated rings. The van der Waals surface area contributed by atoms with Crippen LogP contribution in [-0.2, 0) is 19.1 Å². The molecule has 0 saturated heterocycles. The first-order chi connectivity index (χ1) is 9.42. The fourth-order valence-electron chi connectivity index (χ4n) is 1.67. The number of carbonyl (C=O) groups is 1. The van der Waals surface area contributed by atoms with Gasteiger partial charge in [0.1, 0.15) is 0 Å². The average molecular weight is 300 g/mol. The lowest BCUT2D eigenvalue weighted by molar-refractivity contribution is -0.137. The summed E-state index contributed by atoms with van der Waals surface area (Å²) in [7, 11) is -3.68. The van der Waals surface area contributed by atoms with Crippen LogP contribution in [0, 0.1) is 6.92 Å². The number of rotatable bonds is 9. The lowest BCUT2D eigenvalue weighted by atomic mass is 10.1. The number of aliphatic carboxylic acids is 1. The summed E-state index contributed by atoms with van der Waals surface area (Å²) in [5, 5.41) is 8.46. The molecule has 0 aliphatic carbocycles. The fourth-order valence-corrected chi connectivity index (χ4v) is 2.62.